The molecule has 98 valence electrons. The van der Waals surface area contributed by atoms with Crippen LogP contribution < -0.4 is 10.1 Å². The summed E-state index contributed by atoms with van der Waals surface area (Å²) < 4.78 is 5.43. The maximum Gasteiger partial charge on any atom is 0.349 e. The first-order chi connectivity index (χ1) is 9.20. The van der Waals surface area contributed by atoms with E-state index in [1.807, 2.05) is 13.0 Å². The summed E-state index contributed by atoms with van der Waals surface area (Å²) >= 11 is 0. The number of para-hydroxylation sites is 1. The monoisotopic (exact) mass is 260 g/mol. The molecule has 0 radical (unpaired) electrons. The van der Waals surface area contributed by atoms with Crippen molar-refractivity contribution >= 4 is 11.6 Å². The molecule has 1 aromatic heterocycles. The fourth-order valence-electron chi connectivity index (χ4n) is 1.40. The quantitative estimate of drug-likeness (QED) is 0.656. The van der Waals surface area contributed by atoms with Gasteiger partial charge in [-0.2, -0.15) is 4.98 Å². The molecule has 0 saturated carbocycles. The van der Waals surface area contributed by atoms with Crippen LogP contribution in [-0.2, 0) is 0 Å². The number of nitrogens with one attached hydrogen (secondary N) is 1. The molecule has 0 bridgehead atoms. The van der Waals surface area contributed by atoms with Crippen LogP contribution in [0.3, 0.4) is 0 Å². The zero-order valence-electron chi connectivity index (χ0n) is 10.2. The van der Waals surface area contributed by atoms with Crippen molar-refractivity contribution in [1.82, 2.24) is 9.97 Å². The Labute approximate surface area is 109 Å². The molecule has 0 fully saturated rings. The van der Waals surface area contributed by atoms with E-state index >= 15 is 0 Å². The highest BCUT2D eigenvalue weighted by molar-refractivity contribution is 5.45. The summed E-state index contributed by atoms with van der Waals surface area (Å²) in [7, 11) is 0. The molecule has 2 rings (SSSR count). The molecule has 0 unspecified atom stereocenters. The molecule has 0 atom stereocenters. The number of hydrogen-bond donors (Lipinski definition) is 1. The summed E-state index contributed by atoms with van der Waals surface area (Å²) in [6.45, 7) is 2.49. The van der Waals surface area contributed by atoms with Crippen LogP contribution in [-0.4, -0.2) is 21.4 Å². The first-order valence-electron chi connectivity index (χ1n) is 5.69. The van der Waals surface area contributed by atoms with Crippen LogP contribution in [0.25, 0.3) is 0 Å². The molecule has 0 aliphatic heterocycles. The minimum Gasteiger partial charge on any atom is -0.434 e. The lowest BCUT2D eigenvalue weighted by Crippen LogP contribution is -2.04. The van der Waals surface area contributed by atoms with E-state index < -0.39 is 4.92 Å². The number of anilines is 1. The van der Waals surface area contributed by atoms with Gasteiger partial charge in [-0.25, -0.2) is 4.98 Å². The maximum atomic E-state index is 10.9. The Kier molecular flexibility index (Phi) is 3.87. The number of ether oxygens (including phenoxy) is 1. The van der Waals surface area contributed by atoms with Gasteiger partial charge in [0, 0.05) is 6.54 Å². The zero-order valence-corrected chi connectivity index (χ0v) is 10.2. The lowest BCUT2D eigenvalue weighted by Gasteiger charge is -2.06. The Balaban J connectivity index is 2.35. The highest BCUT2D eigenvalue weighted by Crippen LogP contribution is 2.29. The van der Waals surface area contributed by atoms with Crippen LogP contribution in [0.5, 0.6) is 11.6 Å². The lowest BCUT2D eigenvalue weighted by molar-refractivity contribution is -0.386. The number of nitro groups is 1. The van der Waals surface area contributed by atoms with Gasteiger partial charge in [-0.05, 0) is 19.1 Å². The maximum absolute atomic E-state index is 10.9. The fraction of sp³-hybridized carbons (Fsp3) is 0.167. The molecule has 1 N–H and O–H groups in total. The molecule has 7 nitrogen and oxygen atoms in total. The van der Waals surface area contributed by atoms with E-state index in [-0.39, 0.29) is 11.6 Å². The number of hydrogen-bond acceptors (Lipinski definition) is 6. The van der Waals surface area contributed by atoms with Crippen LogP contribution in [0.1, 0.15) is 6.92 Å². The van der Waals surface area contributed by atoms with E-state index in [0.717, 1.165) is 6.20 Å². The molecule has 0 spiro atoms. The molecule has 2 aromatic rings. The van der Waals surface area contributed by atoms with Crippen molar-refractivity contribution in [2.45, 2.75) is 6.92 Å². The zero-order chi connectivity index (χ0) is 13.7. The van der Waals surface area contributed by atoms with Crippen LogP contribution in [0.15, 0.2) is 36.5 Å². The van der Waals surface area contributed by atoms with Gasteiger partial charge in [0.05, 0.1) is 4.92 Å². The summed E-state index contributed by atoms with van der Waals surface area (Å²) in [6, 6.07) is 8.75. The third kappa shape index (κ3) is 3.15. The minimum absolute atomic E-state index is 0.0813. The summed E-state index contributed by atoms with van der Waals surface area (Å²) in [6.07, 6.45) is 1.13. The van der Waals surface area contributed by atoms with Crippen LogP contribution in [0.4, 0.5) is 11.6 Å². The van der Waals surface area contributed by atoms with Gasteiger partial charge >= 0.3 is 11.6 Å². The van der Waals surface area contributed by atoms with Crippen molar-refractivity contribution in [3.63, 3.8) is 0 Å². The highest BCUT2D eigenvalue weighted by Gasteiger charge is 2.19. The van der Waals surface area contributed by atoms with Crippen molar-refractivity contribution in [1.29, 1.82) is 0 Å². The molecule has 0 amide bonds. The van der Waals surface area contributed by atoms with E-state index in [9.17, 15) is 10.1 Å². The van der Waals surface area contributed by atoms with Crippen LogP contribution in [0.2, 0.25) is 0 Å². The van der Waals surface area contributed by atoms with Gasteiger partial charge in [0.2, 0.25) is 5.95 Å². The number of rotatable bonds is 5. The Morgan fingerprint density at radius 3 is 2.74 bits per heavy atom. The SMILES string of the molecule is CCNc1ncc([N+](=O)[O-])c(Oc2ccccc2)n1. The largest absolute Gasteiger partial charge is 0.434 e. The molecular formula is C12H12N4O3. The first-order valence-corrected chi connectivity index (χ1v) is 5.69. The number of aromatic nitrogens is 2. The van der Waals surface area contributed by atoms with E-state index in [1.54, 1.807) is 24.3 Å². The molecule has 19 heavy (non-hydrogen) atoms. The molecule has 7 heteroatoms. The normalized spacial score (nSPS) is 9.95. The van der Waals surface area contributed by atoms with Gasteiger partial charge in [0.1, 0.15) is 11.9 Å². The van der Waals surface area contributed by atoms with Crippen LogP contribution >= 0.6 is 0 Å². The molecule has 1 aromatic carbocycles. The topological polar surface area (TPSA) is 90.2 Å². The van der Waals surface area contributed by atoms with Crippen molar-refractivity contribution in [3.05, 3.63) is 46.6 Å². The molecule has 1 heterocycles. The summed E-state index contributed by atoms with van der Waals surface area (Å²) in [5.74, 6) is 0.688. The summed E-state index contributed by atoms with van der Waals surface area (Å²) in [4.78, 5) is 18.2. The van der Waals surface area contributed by atoms with Crippen LogP contribution in [0, 0.1) is 10.1 Å². The minimum atomic E-state index is -0.575. The van der Waals surface area contributed by atoms with Crippen molar-refractivity contribution in [2.75, 3.05) is 11.9 Å². The second-order valence-corrected chi connectivity index (χ2v) is 3.59. The Bertz CT molecular complexity index is 574. The molecule has 0 aliphatic carbocycles. The second-order valence-electron chi connectivity index (χ2n) is 3.59. The van der Waals surface area contributed by atoms with Gasteiger partial charge in [-0.1, -0.05) is 18.2 Å². The third-order valence-corrected chi connectivity index (χ3v) is 2.23. The average molecular weight is 260 g/mol. The van der Waals surface area contributed by atoms with Crippen molar-refractivity contribution in [3.8, 4) is 11.6 Å². The Morgan fingerprint density at radius 1 is 1.37 bits per heavy atom. The molecule has 0 saturated heterocycles. The Hall–Kier alpha value is -2.70. The van der Waals surface area contributed by atoms with Crippen molar-refractivity contribution in [2.24, 2.45) is 0 Å². The van der Waals surface area contributed by atoms with Gasteiger partial charge in [0.15, 0.2) is 0 Å². The third-order valence-electron chi connectivity index (χ3n) is 2.23. The molecular weight excluding hydrogens is 248 g/mol. The van der Waals surface area contributed by atoms with Crippen molar-refractivity contribution < 1.29 is 9.66 Å². The predicted molar refractivity (Wildman–Crippen MR) is 69.4 cm³/mol. The lowest BCUT2D eigenvalue weighted by atomic mass is 10.3. The van der Waals surface area contributed by atoms with E-state index in [1.165, 1.54) is 0 Å². The second kappa shape index (κ2) is 5.76. The summed E-state index contributed by atoms with van der Waals surface area (Å²) in [5.41, 5.74) is -0.273. The van der Waals surface area contributed by atoms with Gasteiger partial charge in [0.25, 0.3) is 0 Å². The number of benzene rings is 1. The summed E-state index contributed by atoms with van der Waals surface area (Å²) in [5, 5.41) is 13.8. The van der Waals surface area contributed by atoms with E-state index in [0.29, 0.717) is 18.2 Å². The highest BCUT2D eigenvalue weighted by atomic mass is 16.6. The van der Waals surface area contributed by atoms with Gasteiger partial charge in [-0.15, -0.1) is 0 Å². The molecule has 0 aliphatic rings. The fourth-order valence-corrected chi connectivity index (χ4v) is 1.40. The standard InChI is InChI=1S/C12H12N4O3/c1-2-13-12-14-8-10(16(17)18)11(15-12)19-9-6-4-3-5-7-9/h3-8H,2H2,1H3,(H,13,14,15). The predicted octanol–water partition coefficient (Wildman–Crippen LogP) is 2.61. The van der Waals surface area contributed by atoms with E-state index in [4.69, 9.17) is 4.74 Å². The average Bonchev–Trinajstić information content (AvgIpc) is 2.40. The smallest absolute Gasteiger partial charge is 0.349 e. The Morgan fingerprint density at radius 2 is 2.11 bits per heavy atom. The first kappa shape index (κ1) is 12.7. The van der Waals surface area contributed by atoms with Gasteiger partial charge < -0.3 is 10.1 Å². The number of nitrogens with zero attached hydrogens (tertiary/aromatic N) is 3. The van der Waals surface area contributed by atoms with E-state index in [2.05, 4.69) is 15.3 Å². The van der Waals surface area contributed by atoms with Gasteiger partial charge in [-0.3, -0.25) is 10.1 Å².